The lowest BCUT2D eigenvalue weighted by Crippen LogP contribution is -2.15. The van der Waals surface area contributed by atoms with E-state index in [9.17, 15) is 24.0 Å². The number of fused-ring (bicyclic) bond motifs is 1. The molecule has 3 aromatic carbocycles. The van der Waals surface area contributed by atoms with Gasteiger partial charge in [-0.1, -0.05) is 42.5 Å². The highest BCUT2D eigenvalue weighted by atomic mass is 16.5. The van der Waals surface area contributed by atoms with E-state index in [1.807, 2.05) is 0 Å². The molecule has 168 valence electrons. The molecule has 4 aromatic rings. The lowest BCUT2D eigenvalue weighted by molar-refractivity contribution is 0.0732. The molecule has 0 unspecified atom stereocenters. The molecular weight excluding hydrogens is 436 g/mol. The third kappa shape index (κ3) is 4.31. The number of ketones is 3. The monoisotopic (exact) mass is 454 g/mol. The van der Waals surface area contributed by atoms with Crippen LogP contribution < -0.4 is 10.4 Å². The molecule has 0 N–H and O–H groups in total. The molecule has 0 aliphatic rings. The maximum atomic E-state index is 12.7. The fourth-order valence-electron chi connectivity index (χ4n) is 3.55. The predicted molar refractivity (Wildman–Crippen MR) is 124 cm³/mol. The SMILES string of the molecule is CC(=O)c1c(OC(=O)c2ccc(C(=O)C(=O)c3ccccc3)cc2)ccc2c(C)cc(=O)oc12. The number of ether oxygens (including phenoxy) is 1. The van der Waals surface area contributed by atoms with E-state index in [-0.39, 0.29) is 33.6 Å². The second kappa shape index (κ2) is 9.07. The van der Waals surface area contributed by atoms with Gasteiger partial charge in [0.15, 0.2) is 11.4 Å². The minimum absolute atomic E-state index is 0.0214. The van der Waals surface area contributed by atoms with Crippen LogP contribution in [0.15, 0.2) is 82.0 Å². The van der Waals surface area contributed by atoms with E-state index in [2.05, 4.69) is 0 Å². The van der Waals surface area contributed by atoms with Gasteiger partial charge in [-0.2, -0.15) is 0 Å². The van der Waals surface area contributed by atoms with Gasteiger partial charge < -0.3 is 9.15 Å². The maximum Gasteiger partial charge on any atom is 0.343 e. The summed E-state index contributed by atoms with van der Waals surface area (Å²) in [5.74, 6) is -2.65. The van der Waals surface area contributed by atoms with Gasteiger partial charge in [-0.3, -0.25) is 14.4 Å². The smallest absolute Gasteiger partial charge is 0.343 e. The third-order valence-corrected chi connectivity index (χ3v) is 5.26. The highest BCUT2D eigenvalue weighted by Gasteiger charge is 2.22. The summed E-state index contributed by atoms with van der Waals surface area (Å²) in [6.07, 6.45) is 0. The van der Waals surface area contributed by atoms with Crippen molar-refractivity contribution in [1.29, 1.82) is 0 Å². The van der Waals surface area contributed by atoms with Gasteiger partial charge in [0.1, 0.15) is 11.3 Å². The lowest BCUT2D eigenvalue weighted by Gasteiger charge is -2.11. The van der Waals surface area contributed by atoms with Gasteiger partial charge >= 0.3 is 11.6 Å². The number of hydrogen-bond acceptors (Lipinski definition) is 7. The minimum atomic E-state index is -0.787. The number of carbonyl (C=O) groups is 4. The molecule has 0 spiro atoms. The van der Waals surface area contributed by atoms with E-state index < -0.39 is 28.9 Å². The molecule has 34 heavy (non-hydrogen) atoms. The van der Waals surface area contributed by atoms with Gasteiger partial charge in [-0.05, 0) is 43.7 Å². The predicted octanol–water partition coefficient (Wildman–Crippen LogP) is 4.59. The average molecular weight is 454 g/mol. The number of benzene rings is 3. The Hall–Kier alpha value is -4.65. The van der Waals surface area contributed by atoms with Gasteiger partial charge in [-0.25, -0.2) is 9.59 Å². The molecule has 4 rings (SSSR count). The van der Waals surface area contributed by atoms with Crippen LogP contribution in [-0.4, -0.2) is 23.3 Å². The van der Waals surface area contributed by atoms with Crippen molar-refractivity contribution >= 4 is 34.3 Å². The second-order valence-electron chi connectivity index (χ2n) is 7.61. The van der Waals surface area contributed by atoms with Crippen molar-refractivity contribution in [2.24, 2.45) is 0 Å². The Labute approximate surface area is 193 Å². The summed E-state index contributed by atoms with van der Waals surface area (Å²) < 4.78 is 10.7. The molecule has 0 amide bonds. The van der Waals surface area contributed by atoms with Crippen LogP contribution in [0.4, 0.5) is 0 Å². The Morgan fingerprint density at radius 2 is 1.35 bits per heavy atom. The summed E-state index contributed by atoms with van der Waals surface area (Å²) in [5.41, 5.74) is 0.515. The van der Waals surface area contributed by atoms with Crippen molar-refractivity contribution in [2.75, 3.05) is 0 Å². The van der Waals surface area contributed by atoms with E-state index >= 15 is 0 Å². The molecule has 7 heteroatoms. The Balaban J connectivity index is 1.60. The topological polar surface area (TPSA) is 108 Å². The van der Waals surface area contributed by atoms with Crippen LogP contribution in [0.1, 0.15) is 53.9 Å². The molecule has 0 aliphatic carbocycles. The number of Topliss-reactive ketones (excluding diaryl/α,β-unsaturated/α-hetero) is 3. The number of rotatable bonds is 6. The van der Waals surface area contributed by atoms with Gasteiger partial charge in [0.05, 0.1) is 5.56 Å². The molecule has 0 fully saturated rings. The number of esters is 1. The molecule has 1 heterocycles. The minimum Gasteiger partial charge on any atom is -0.422 e. The van der Waals surface area contributed by atoms with Crippen LogP contribution in [-0.2, 0) is 0 Å². The summed E-state index contributed by atoms with van der Waals surface area (Å²) in [4.78, 5) is 61.7. The van der Waals surface area contributed by atoms with E-state index in [0.717, 1.165) is 0 Å². The highest BCUT2D eigenvalue weighted by molar-refractivity contribution is 6.49. The summed E-state index contributed by atoms with van der Waals surface area (Å²) >= 11 is 0. The molecule has 0 bridgehead atoms. The zero-order valence-corrected chi connectivity index (χ0v) is 18.3. The van der Waals surface area contributed by atoms with Crippen LogP contribution in [0, 0.1) is 6.92 Å². The van der Waals surface area contributed by atoms with Gasteiger partial charge in [0.2, 0.25) is 11.6 Å². The van der Waals surface area contributed by atoms with Crippen LogP contribution in [0.25, 0.3) is 11.0 Å². The van der Waals surface area contributed by atoms with Crippen molar-refractivity contribution in [3.63, 3.8) is 0 Å². The van der Waals surface area contributed by atoms with Gasteiger partial charge in [0.25, 0.3) is 0 Å². The van der Waals surface area contributed by atoms with Crippen molar-refractivity contribution in [1.82, 2.24) is 0 Å². The average Bonchev–Trinajstić information content (AvgIpc) is 2.83. The second-order valence-corrected chi connectivity index (χ2v) is 7.61. The highest BCUT2D eigenvalue weighted by Crippen LogP contribution is 2.30. The van der Waals surface area contributed by atoms with E-state index in [1.165, 1.54) is 43.3 Å². The number of aryl methyl sites for hydroxylation is 1. The molecule has 0 saturated heterocycles. The van der Waals surface area contributed by atoms with Crippen LogP contribution >= 0.6 is 0 Å². The molecule has 0 saturated carbocycles. The van der Waals surface area contributed by atoms with Crippen LogP contribution in [0.5, 0.6) is 5.75 Å². The summed E-state index contributed by atoms with van der Waals surface area (Å²) in [5, 5.41) is 0.551. The summed E-state index contributed by atoms with van der Waals surface area (Å²) in [6.45, 7) is 2.98. The van der Waals surface area contributed by atoms with Crippen molar-refractivity contribution in [3.8, 4) is 5.75 Å². The zero-order valence-electron chi connectivity index (χ0n) is 18.3. The summed E-state index contributed by atoms with van der Waals surface area (Å²) in [6, 6.07) is 17.9. The Morgan fingerprint density at radius 3 is 1.97 bits per heavy atom. The first-order valence-electron chi connectivity index (χ1n) is 10.3. The fraction of sp³-hybridized carbons (Fsp3) is 0.0741. The molecular formula is C27H18O7. The largest absolute Gasteiger partial charge is 0.422 e. The van der Waals surface area contributed by atoms with Crippen molar-refractivity contribution in [2.45, 2.75) is 13.8 Å². The molecule has 0 aliphatic heterocycles. The Morgan fingerprint density at radius 1 is 0.765 bits per heavy atom. The van der Waals surface area contributed by atoms with E-state index in [4.69, 9.17) is 9.15 Å². The lowest BCUT2D eigenvalue weighted by atomic mass is 10.0. The van der Waals surface area contributed by atoms with Gasteiger partial charge in [-0.15, -0.1) is 0 Å². The fourth-order valence-corrected chi connectivity index (χ4v) is 3.55. The first-order chi connectivity index (χ1) is 16.3. The van der Waals surface area contributed by atoms with Gasteiger partial charge in [0, 0.05) is 22.6 Å². The maximum absolute atomic E-state index is 12.7. The first-order valence-corrected chi connectivity index (χ1v) is 10.3. The molecule has 7 nitrogen and oxygen atoms in total. The van der Waals surface area contributed by atoms with Crippen LogP contribution in [0.3, 0.4) is 0 Å². The van der Waals surface area contributed by atoms with E-state index in [1.54, 1.807) is 43.3 Å². The standard InChI is InChI=1S/C27H18O7/c1-15-14-22(29)34-26-20(15)12-13-21(23(26)16(2)28)33-27(32)19-10-8-18(9-11-19)25(31)24(30)17-6-4-3-5-7-17/h3-14H,1-2H3. The molecule has 1 aromatic heterocycles. The van der Waals surface area contributed by atoms with Crippen molar-refractivity contribution < 1.29 is 28.3 Å². The molecule has 0 atom stereocenters. The van der Waals surface area contributed by atoms with E-state index in [0.29, 0.717) is 10.9 Å². The quantitative estimate of drug-likeness (QED) is 0.138. The normalized spacial score (nSPS) is 10.6. The summed E-state index contributed by atoms with van der Waals surface area (Å²) in [7, 11) is 0. The Kier molecular flexibility index (Phi) is 6.01. The third-order valence-electron chi connectivity index (χ3n) is 5.26. The molecule has 0 radical (unpaired) electrons. The van der Waals surface area contributed by atoms with Crippen molar-refractivity contribution in [3.05, 3.63) is 111 Å². The van der Waals surface area contributed by atoms with Crippen LogP contribution in [0.2, 0.25) is 0 Å². The zero-order chi connectivity index (χ0) is 24.4. The number of carbonyl (C=O) groups excluding carboxylic acids is 4. The number of hydrogen-bond donors (Lipinski definition) is 0. The first kappa shape index (κ1) is 22.5. The Bertz CT molecular complexity index is 1510.